The van der Waals surface area contributed by atoms with Gasteiger partial charge < -0.3 is 10.1 Å². The van der Waals surface area contributed by atoms with E-state index in [2.05, 4.69) is 29.4 Å². The minimum Gasteiger partial charge on any atom is -0.382 e. The second-order valence-electron chi connectivity index (χ2n) is 4.23. The Labute approximate surface area is 105 Å². The van der Waals surface area contributed by atoms with E-state index in [1.807, 2.05) is 20.0 Å². The summed E-state index contributed by atoms with van der Waals surface area (Å²) >= 11 is 0. The molecule has 0 spiro atoms. The van der Waals surface area contributed by atoms with E-state index in [4.69, 9.17) is 4.74 Å². The maximum absolute atomic E-state index is 5.43. The highest BCUT2D eigenvalue weighted by atomic mass is 16.5. The minimum atomic E-state index is 0.356. The highest BCUT2D eigenvalue weighted by Crippen LogP contribution is 2.16. The highest BCUT2D eigenvalue weighted by molar-refractivity contribution is 5.17. The van der Waals surface area contributed by atoms with Gasteiger partial charge in [0.1, 0.15) is 0 Å². The SMILES string of the molecule is CCCNC(CCOCC)c1ccc(C)nc1. The van der Waals surface area contributed by atoms with E-state index in [-0.39, 0.29) is 0 Å². The lowest BCUT2D eigenvalue weighted by molar-refractivity contribution is 0.136. The zero-order valence-electron chi connectivity index (χ0n) is 11.2. The fourth-order valence-corrected chi connectivity index (χ4v) is 1.74. The van der Waals surface area contributed by atoms with Crippen molar-refractivity contribution in [1.29, 1.82) is 0 Å². The Kier molecular flexibility index (Phi) is 6.82. The molecule has 1 aromatic rings. The van der Waals surface area contributed by atoms with Gasteiger partial charge in [0, 0.05) is 31.1 Å². The molecule has 17 heavy (non-hydrogen) atoms. The number of rotatable bonds is 8. The molecule has 0 aliphatic heterocycles. The predicted octanol–water partition coefficient (Wildman–Crippen LogP) is 2.86. The molecule has 3 nitrogen and oxygen atoms in total. The molecular formula is C14H24N2O. The number of nitrogens with zero attached hydrogens (tertiary/aromatic N) is 1. The summed E-state index contributed by atoms with van der Waals surface area (Å²) < 4.78 is 5.43. The Morgan fingerprint density at radius 2 is 2.18 bits per heavy atom. The van der Waals surface area contributed by atoms with Crippen molar-refractivity contribution >= 4 is 0 Å². The van der Waals surface area contributed by atoms with Gasteiger partial charge in [-0.25, -0.2) is 0 Å². The summed E-state index contributed by atoms with van der Waals surface area (Å²) in [4.78, 5) is 4.36. The number of aryl methyl sites for hydroxylation is 1. The molecular weight excluding hydrogens is 212 g/mol. The van der Waals surface area contributed by atoms with E-state index in [9.17, 15) is 0 Å². The van der Waals surface area contributed by atoms with Gasteiger partial charge in [-0.05, 0) is 44.9 Å². The maximum Gasteiger partial charge on any atom is 0.0484 e. The lowest BCUT2D eigenvalue weighted by Crippen LogP contribution is -2.23. The summed E-state index contributed by atoms with van der Waals surface area (Å²) in [5, 5.41) is 3.54. The third kappa shape index (κ3) is 5.29. The normalized spacial score (nSPS) is 12.6. The van der Waals surface area contributed by atoms with Crippen molar-refractivity contribution < 1.29 is 4.74 Å². The molecule has 0 aliphatic rings. The number of pyridine rings is 1. The fraction of sp³-hybridized carbons (Fsp3) is 0.643. The number of ether oxygens (including phenoxy) is 1. The number of hydrogen-bond donors (Lipinski definition) is 1. The molecule has 0 radical (unpaired) electrons. The van der Waals surface area contributed by atoms with Gasteiger partial charge in [-0.3, -0.25) is 4.98 Å². The van der Waals surface area contributed by atoms with Crippen LogP contribution >= 0.6 is 0 Å². The van der Waals surface area contributed by atoms with E-state index in [1.165, 1.54) is 5.56 Å². The van der Waals surface area contributed by atoms with Crippen molar-refractivity contribution in [2.75, 3.05) is 19.8 Å². The third-order valence-electron chi connectivity index (χ3n) is 2.73. The van der Waals surface area contributed by atoms with Crippen LogP contribution in [0.1, 0.15) is 44.0 Å². The standard InChI is InChI=1S/C14H24N2O/c1-4-9-15-14(8-10-17-5-2)13-7-6-12(3)16-11-13/h6-7,11,14-15H,4-5,8-10H2,1-3H3. The van der Waals surface area contributed by atoms with Gasteiger partial charge in [0.25, 0.3) is 0 Å². The maximum atomic E-state index is 5.43. The van der Waals surface area contributed by atoms with Gasteiger partial charge in [-0.15, -0.1) is 0 Å². The van der Waals surface area contributed by atoms with Crippen LogP contribution in [0, 0.1) is 6.92 Å². The molecule has 3 heteroatoms. The van der Waals surface area contributed by atoms with Crippen molar-refractivity contribution in [3.8, 4) is 0 Å². The summed E-state index contributed by atoms with van der Waals surface area (Å²) in [5.41, 5.74) is 2.32. The zero-order valence-corrected chi connectivity index (χ0v) is 11.2. The van der Waals surface area contributed by atoms with Crippen LogP contribution < -0.4 is 5.32 Å². The molecule has 0 bridgehead atoms. The summed E-state index contributed by atoms with van der Waals surface area (Å²) in [7, 11) is 0. The lowest BCUT2D eigenvalue weighted by atomic mass is 10.1. The molecule has 0 amide bonds. The molecule has 0 aliphatic carbocycles. The second kappa shape index (κ2) is 8.20. The molecule has 96 valence electrons. The quantitative estimate of drug-likeness (QED) is 0.705. The summed E-state index contributed by atoms with van der Waals surface area (Å²) in [6.07, 6.45) is 4.11. The Morgan fingerprint density at radius 3 is 2.76 bits per heavy atom. The van der Waals surface area contributed by atoms with Crippen LogP contribution in [-0.2, 0) is 4.74 Å². The topological polar surface area (TPSA) is 34.1 Å². The average Bonchev–Trinajstić information content (AvgIpc) is 2.35. The Hall–Kier alpha value is -0.930. The minimum absolute atomic E-state index is 0.356. The number of hydrogen-bond acceptors (Lipinski definition) is 3. The molecule has 0 aromatic carbocycles. The average molecular weight is 236 g/mol. The van der Waals surface area contributed by atoms with Crippen LogP contribution in [0.15, 0.2) is 18.3 Å². The molecule has 0 saturated carbocycles. The van der Waals surface area contributed by atoms with Crippen LogP contribution in [0.25, 0.3) is 0 Å². The molecule has 1 heterocycles. The van der Waals surface area contributed by atoms with Gasteiger partial charge in [-0.2, -0.15) is 0 Å². The number of nitrogens with one attached hydrogen (secondary N) is 1. The van der Waals surface area contributed by atoms with E-state index in [0.717, 1.165) is 38.3 Å². The number of aromatic nitrogens is 1. The summed E-state index contributed by atoms with van der Waals surface area (Å²) in [6, 6.07) is 4.58. The molecule has 0 saturated heterocycles. The van der Waals surface area contributed by atoms with E-state index in [1.54, 1.807) is 0 Å². The van der Waals surface area contributed by atoms with Crippen molar-refractivity contribution in [2.24, 2.45) is 0 Å². The van der Waals surface area contributed by atoms with Gasteiger partial charge >= 0.3 is 0 Å². The molecule has 1 rings (SSSR count). The zero-order chi connectivity index (χ0) is 12.5. The fourth-order valence-electron chi connectivity index (χ4n) is 1.74. The van der Waals surface area contributed by atoms with Crippen molar-refractivity contribution in [3.63, 3.8) is 0 Å². The van der Waals surface area contributed by atoms with Gasteiger partial charge in [0.2, 0.25) is 0 Å². The first-order valence-electron chi connectivity index (χ1n) is 6.51. The van der Waals surface area contributed by atoms with Gasteiger partial charge in [0.05, 0.1) is 0 Å². The van der Waals surface area contributed by atoms with E-state index in [0.29, 0.717) is 6.04 Å². The predicted molar refractivity (Wildman–Crippen MR) is 71.1 cm³/mol. The van der Waals surface area contributed by atoms with E-state index >= 15 is 0 Å². The molecule has 1 aromatic heterocycles. The Bertz CT molecular complexity index is 298. The largest absolute Gasteiger partial charge is 0.382 e. The lowest BCUT2D eigenvalue weighted by Gasteiger charge is -2.18. The van der Waals surface area contributed by atoms with Crippen molar-refractivity contribution in [2.45, 2.75) is 39.7 Å². The monoisotopic (exact) mass is 236 g/mol. The first-order valence-corrected chi connectivity index (χ1v) is 6.51. The third-order valence-corrected chi connectivity index (χ3v) is 2.73. The van der Waals surface area contributed by atoms with Crippen molar-refractivity contribution in [3.05, 3.63) is 29.6 Å². The van der Waals surface area contributed by atoms with Crippen LogP contribution in [0.4, 0.5) is 0 Å². The van der Waals surface area contributed by atoms with Crippen LogP contribution in [0.2, 0.25) is 0 Å². The van der Waals surface area contributed by atoms with Crippen LogP contribution in [0.3, 0.4) is 0 Å². The van der Waals surface area contributed by atoms with Crippen LogP contribution in [0.5, 0.6) is 0 Å². The Balaban J connectivity index is 2.57. The van der Waals surface area contributed by atoms with Gasteiger partial charge in [-0.1, -0.05) is 13.0 Å². The summed E-state index contributed by atoms with van der Waals surface area (Å²) in [6.45, 7) is 8.84. The summed E-state index contributed by atoms with van der Waals surface area (Å²) in [5.74, 6) is 0. The molecule has 1 N–H and O–H groups in total. The highest BCUT2D eigenvalue weighted by Gasteiger charge is 2.10. The first-order chi connectivity index (χ1) is 8.27. The first kappa shape index (κ1) is 14.1. The molecule has 1 atom stereocenters. The van der Waals surface area contributed by atoms with Crippen molar-refractivity contribution in [1.82, 2.24) is 10.3 Å². The molecule has 0 fully saturated rings. The second-order valence-corrected chi connectivity index (χ2v) is 4.23. The molecule has 1 unspecified atom stereocenters. The van der Waals surface area contributed by atoms with E-state index < -0.39 is 0 Å². The smallest absolute Gasteiger partial charge is 0.0484 e. The van der Waals surface area contributed by atoms with Gasteiger partial charge in [0.15, 0.2) is 0 Å². The van der Waals surface area contributed by atoms with Crippen LogP contribution in [-0.4, -0.2) is 24.7 Å². The Morgan fingerprint density at radius 1 is 1.35 bits per heavy atom.